The van der Waals surface area contributed by atoms with Crippen LogP contribution in [0.2, 0.25) is 0 Å². The number of hydrogen-bond donors (Lipinski definition) is 1. The molecule has 0 saturated carbocycles. The summed E-state index contributed by atoms with van der Waals surface area (Å²) in [6.45, 7) is 4.49. The first kappa shape index (κ1) is 13.8. The van der Waals surface area contributed by atoms with Crippen LogP contribution in [0.3, 0.4) is 0 Å². The number of fused-ring (bicyclic) bond motifs is 1. The number of hydrogen-bond acceptors (Lipinski definition) is 3. The summed E-state index contributed by atoms with van der Waals surface area (Å²) in [5, 5.41) is 10.2. The maximum absolute atomic E-state index is 10.2. The topological polar surface area (TPSA) is 32.7 Å². The molecule has 0 aromatic heterocycles. The average Bonchev–Trinajstić information content (AvgIpc) is 2.91. The molecule has 3 nitrogen and oxygen atoms in total. The van der Waals surface area contributed by atoms with E-state index in [0.717, 1.165) is 37.2 Å². The van der Waals surface area contributed by atoms with Crippen LogP contribution in [0.5, 0.6) is 11.5 Å². The predicted molar refractivity (Wildman–Crippen MR) is 85.1 cm³/mol. The highest BCUT2D eigenvalue weighted by Gasteiger charge is 2.19. The standard InChI is InChI=1S/C18H21NO2/c1-2-11-21-16-8-7-15(18(20)12-16)13-19-10-9-14-5-3-4-6-17(14)19/h3-8,12,20H,2,9-11,13H2,1H3. The summed E-state index contributed by atoms with van der Waals surface area (Å²) in [4.78, 5) is 2.32. The van der Waals surface area contributed by atoms with Crippen molar-refractivity contribution in [3.8, 4) is 11.5 Å². The van der Waals surface area contributed by atoms with E-state index in [1.54, 1.807) is 6.07 Å². The summed E-state index contributed by atoms with van der Waals surface area (Å²) in [5.41, 5.74) is 3.61. The predicted octanol–water partition coefficient (Wildman–Crippen LogP) is 3.74. The van der Waals surface area contributed by atoms with Gasteiger partial charge in [0.2, 0.25) is 0 Å². The Morgan fingerprint density at radius 1 is 1.19 bits per heavy atom. The highest BCUT2D eigenvalue weighted by Crippen LogP contribution is 2.31. The average molecular weight is 283 g/mol. The molecular weight excluding hydrogens is 262 g/mol. The van der Waals surface area contributed by atoms with Crippen molar-refractivity contribution in [2.75, 3.05) is 18.1 Å². The van der Waals surface area contributed by atoms with Crippen LogP contribution in [-0.4, -0.2) is 18.3 Å². The van der Waals surface area contributed by atoms with E-state index in [1.807, 2.05) is 12.1 Å². The van der Waals surface area contributed by atoms with Crippen molar-refractivity contribution >= 4 is 5.69 Å². The number of phenolic OH excluding ortho intramolecular Hbond substituents is 1. The van der Waals surface area contributed by atoms with Crippen LogP contribution < -0.4 is 9.64 Å². The lowest BCUT2D eigenvalue weighted by molar-refractivity contribution is 0.315. The molecule has 2 aromatic rings. The Kier molecular flexibility index (Phi) is 4.00. The fourth-order valence-corrected chi connectivity index (χ4v) is 2.76. The SMILES string of the molecule is CCCOc1ccc(CN2CCc3ccccc32)c(O)c1. The Morgan fingerprint density at radius 3 is 2.86 bits per heavy atom. The van der Waals surface area contributed by atoms with Crippen molar-refractivity contribution in [1.29, 1.82) is 0 Å². The first-order valence-electron chi connectivity index (χ1n) is 7.55. The highest BCUT2D eigenvalue weighted by molar-refractivity contribution is 5.58. The molecule has 0 bridgehead atoms. The number of rotatable bonds is 5. The van der Waals surface area contributed by atoms with Gasteiger partial charge in [-0.25, -0.2) is 0 Å². The molecular formula is C18H21NO2. The second kappa shape index (κ2) is 6.08. The van der Waals surface area contributed by atoms with Gasteiger partial charge in [0.1, 0.15) is 11.5 Å². The Labute approximate surface area is 125 Å². The molecule has 0 amide bonds. The second-order valence-corrected chi connectivity index (χ2v) is 5.44. The van der Waals surface area contributed by atoms with Gasteiger partial charge in [-0.05, 0) is 36.6 Å². The normalized spacial score (nSPS) is 13.3. The number of anilines is 1. The van der Waals surface area contributed by atoms with Gasteiger partial charge in [0.25, 0.3) is 0 Å². The number of aromatic hydroxyl groups is 1. The number of phenols is 1. The van der Waals surface area contributed by atoms with Gasteiger partial charge in [0.15, 0.2) is 0 Å². The van der Waals surface area contributed by atoms with Gasteiger partial charge in [-0.2, -0.15) is 0 Å². The molecule has 3 rings (SSSR count). The van der Waals surface area contributed by atoms with Gasteiger partial charge in [0, 0.05) is 30.4 Å². The lowest BCUT2D eigenvalue weighted by Crippen LogP contribution is -2.19. The molecule has 0 unspecified atom stereocenters. The summed E-state index contributed by atoms with van der Waals surface area (Å²) in [5.74, 6) is 1.05. The van der Waals surface area contributed by atoms with Crippen molar-refractivity contribution in [1.82, 2.24) is 0 Å². The van der Waals surface area contributed by atoms with Crippen LogP contribution in [0.4, 0.5) is 5.69 Å². The maximum Gasteiger partial charge on any atom is 0.124 e. The van der Waals surface area contributed by atoms with Crippen molar-refractivity contribution in [2.45, 2.75) is 26.3 Å². The van der Waals surface area contributed by atoms with Gasteiger partial charge >= 0.3 is 0 Å². The van der Waals surface area contributed by atoms with E-state index in [1.165, 1.54) is 11.3 Å². The zero-order chi connectivity index (χ0) is 14.7. The van der Waals surface area contributed by atoms with Crippen molar-refractivity contribution in [3.63, 3.8) is 0 Å². The lowest BCUT2D eigenvalue weighted by Gasteiger charge is -2.20. The molecule has 0 aliphatic carbocycles. The molecule has 1 heterocycles. The molecule has 21 heavy (non-hydrogen) atoms. The Hall–Kier alpha value is -2.16. The largest absolute Gasteiger partial charge is 0.507 e. The minimum atomic E-state index is 0.313. The summed E-state index contributed by atoms with van der Waals surface area (Å²) in [6, 6.07) is 14.1. The Balaban J connectivity index is 1.74. The smallest absolute Gasteiger partial charge is 0.124 e. The van der Waals surface area contributed by atoms with Crippen LogP contribution in [0.15, 0.2) is 42.5 Å². The quantitative estimate of drug-likeness (QED) is 0.907. The molecule has 0 fully saturated rings. The second-order valence-electron chi connectivity index (χ2n) is 5.44. The van der Waals surface area contributed by atoms with E-state index >= 15 is 0 Å². The third-order valence-electron chi connectivity index (χ3n) is 3.87. The van der Waals surface area contributed by atoms with Crippen LogP contribution in [0, 0.1) is 0 Å². The number of para-hydroxylation sites is 1. The molecule has 2 aromatic carbocycles. The fourth-order valence-electron chi connectivity index (χ4n) is 2.76. The molecule has 0 spiro atoms. The van der Waals surface area contributed by atoms with Gasteiger partial charge in [0.05, 0.1) is 6.61 Å². The lowest BCUT2D eigenvalue weighted by atomic mass is 10.1. The van der Waals surface area contributed by atoms with Gasteiger partial charge in [-0.1, -0.05) is 25.1 Å². The molecule has 1 N–H and O–H groups in total. The van der Waals surface area contributed by atoms with Crippen LogP contribution >= 0.6 is 0 Å². The minimum absolute atomic E-state index is 0.313. The summed E-state index contributed by atoms with van der Waals surface area (Å²) < 4.78 is 5.54. The van der Waals surface area contributed by atoms with E-state index in [0.29, 0.717) is 12.4 Å². The van der Waals surface area contributed by atoms with E-state index in [4.69, 9.17) is 4.74 Å². The highest BCUT2D eigenvalue weighted by atomic mass is 16.5. The fraction of sp³-hybridized carbons (Fsp3) is 0.333. The molecule has 0 atom stereocenters. The number of nitrogens with zero attached hydrogens (tertiary/aromatic N) is 1. The van der Waals surface area contributed by atoms with E-state index in [-0.39, 0.29) is 0 Å². The monoisotopic (exact) mass is 283 g/mol. The minimum Gasteiger partial charge on any atom is -0.507 e. The van der Waals surface area contributed by atoms with Gasteiger partial charge in [-0.3, -0.25) is 0 Å². The van der Waals surface area contributed by atoms with Crippen LogP contribution in [-0.2, 0) is 13.0 Å². The van der Waals surface area contributed by atoms with E-state index < -0.39 is 0 Å². The molecule has 3 heteroatoms. The molecule has 110 valence electrons. The third kappa shape index (κ3) is 2.97. The Morgan fingerprint density at radius 2 is 2.05 bits per heavy atom. The molecule has 0 radical (unpaired) electrons. The zero-order valence-electron chi connectivity index (χ0n) is 12.4. The van der Waals surface area contributed by atoms with E-state index in [9.17, 15) is 5.11 Å². The zero-order valence-corrected chi connectivity index (χ0v) is 12.4. The van der Waals surface area contributed by atoms with Crippen molar-refractivity contribution in [3.05, 3.63) is 53.6 Å². The van der Waals surface area contributed by atoms with Crippen molar-refractivity contribution < 1.29 is 9.84 Å². The van der Waals surface area contributed by atoms with Crippen LogP contribution in [0.1, 0.15) is 24.5 Å². The maximum atomic E-state index is 10.2. The summed E-state index contributed by atoms with van der Waals surface area (Å²) >= 11 is 0. The summed E-state index contributed by atoms with van der Waals surface area (Å²) in [6.07, 6.45) is 2.04. The summed E-state index contributed by atoms with van der Waals surface area (Å²) in [7, 11) is 0. The Bertz CT molecular complexity index is 624. The van der Waals surface area contributed by atoms with Crippen molar-refractivity contribution in [2.24, 2.45) is 0 Å². The number of ether oxygens (including phenoxy) is 1. The first-order chi connectivity index (χ1) is 10.3. The van der Waals surface area contributed by atoms with Crippen LogP contribution in [0.25, 0.3) is 0 Å². The third-order valence-corrected chi connectivity index (χ3v) is 3.87. The molecule has 1 aliphatic rings. The van der Waals surface area contributed by atoms with Gasteiger partial charge < -0.3 is 14.7 Å². The molecule has 1 aliphatic heterocycles. The number of benzene rings is 2. The van der Waals surface area contributed by atoms with E-state index in [2.05, 4.69) is 36.1 Å². The first-order valence-corrected chi connectivity index (χ1v) is 7.55. The molecule has 0 saturated heterocycles. The van der Waals surface area contributed by atoms with Gasteiger partial charge in [-0.15, -0.1) is 0 Å².